The minimum absolute atomic E-state index is 0.122. The third kappa shape index (κ3) is 48.8. The fourth-order valence-corrected chi connectivity index (χ4v) is 7.48. The Morgan fingerprint density at radius 3 is 1.18 bits per heavy atom. The lowest BCUT2D eigenvalue weighted by atomic mass is 10.1. The molecule has 0 bridgehead atoms. The van der Waals surface area contributed by atoms with Crippen molar-refractivity contribution >= 4 is 17.9 Å². The van der Waals surface area contributed by atoms with Gasteiger partial charge in [0, 0.05) is 19.3 Å². The third-order valence-corrected chi connectivity index (χ3v) is 11.6. The molecule has 0 aliphatic heterocycles. The number of carbonyl (C=O) groups excluding carboxylic acids is 3. The third-order valence-electron chi connectivity index (χ3n) is 11.6. The van der Waals surface area contributed by atoms with Gasteiger partial charge in [0.2, 0.25) is 0 Å². The van der Waals surface area contributed by atoms with Crippen molar-refractivity contribution in [2.75, 3.05) is 13.2 Å². The van der Waals surface area contributed by atoms with E-state index in [1.807, 2.05) is 0 Å². The van der Waals surface area contributed by atoms with Crippen molar-refractivity contribution in [3.63, 3.8) is 0 Å². The van der Waals surface area contributed by atoms with Crippen molar-refractivity contribution in [2.24, 2.45) is 0 Å². The predicted octanol–water partition coefficient (Wildman–Crippen LogP) is 15.6. The van der Waals surface area contributed by atoms with Crippen LogP contribution in [0.15, 0.2) is 60.8 Å². The molecule has 0 aromatic heterocycles. The number of hydrogen-bond acceptors (Lipinski definition) is 8. The van der Waals surface area contributed by atoms with Gasteiger partial charge in [-0.15, -0.1) is 0 Å². The van der Waals surface area contributed by atoms with Crippen LogP contribution >= 0.6 is 0 Å². The lowest BCUT2D eigenvalue weighted by Gasteiger charge is -2.18. The Morgan fingerprint density at radius 2 is 0.754 bits per heavy atom. The van der Waals surface area contributed by atoms with Crippen LogP contribution in [0, 0.1) is 0 Å². The first-order valence-corrected chi connectivity index (χ1v) is 26.9. The number of unbranched alkanes of at least 4 members (excludes halogenated alkanes) is 21. The van der Waals surface area contributed by atoms with Crippen molar-refractivity contribution < 1.29 is 38.8 Å². The SMILES string of the molecule is CCC=CCC=CCC=CCCCCCCCC(=O)OC(COC(=O)CCCCCCCC=CC[C@H](O)CCCCCC)COC(=O)CCCCCCCC=CC[C@H](O)CCCCCC. The van der Waals surface area contributed by atoms with Crippen molar-refractivity contribution in [1.82, 2.24) is 0 Å². The van der Waals surface area contributed by atoms with Gasteiger partial charge in [0.15, 0.2) is 6.10 Å². The summed E-state index contributed by atoms with van der Waals surface area (Å²) in [6.07, 6.45) is 55.2. The highest BCUT2D eigenvalue weighted by molar-refractivity contribution is 5.71. The van der Waals surface area contributed by atoms with Crippen molar-refractivity contribution in [1.29, 1.82) is 0 Å². The van der Waals surface area contributed by atoms with Gasteiger partial charge in [-0.2, -0.15) is 0 Å². The van der Waals surface area contributed by atoms with Crippen LogP contribution in [-0.2, 0) is 28.6 Å². The number of esters is 3. The van der Waals surface area contributed by atoms with Gasteiger partial charge in [0.1, 0.15) is 13.2 Å². The van der Waals surface area contributed by atoms with Gasteiger partial charge in [0.25, 0.3) is 0 Å². The molecule has 0 spiro atoms. The highest BCUT2D eigenvalue weighted by Gasteiger charge is 2.19. The van der Waals surface area contributed by atoms with E-state index in [4.69, 9.17) is 14.2 Å². The maximum atomic E-state index is 12.8. The van der Waals surface area contributed by atoms with E-state index < -0.39 is 6.10 Å². The molecule has 0 heterocycles. The van der Waals surface area contributed by atoms with Crippen LogP contribution in [-0.4, -0.2) is 59.6 Å². The van der Waals surface area contributed by atoms with Gasteiger partial charge in [-0.25, -0.2) is 0 Å². The molecule has 0 aliphatic carbocycles. The van der Waals surface area contributed by atoms with Crippen LogP contribution in [0.3, 0.4) is 0 Å². The first-order valence-electron chi connectivity index (χ1n) is 26.9. The quantitative estimate of drug-likeness (QED) is 0.0268. The topological polar surface area (TPSA) is 119 Å². The Balaban J connectivity index is 4.50. The normalized spacial score (nSPS) is 13.5. The van der Waals surface area contributed by atoms with Crippen LogP contribution in [0.25, 0.3) is 0 Å². The summed E-state index contributed by atoms with van der Waals surface area (Å²) in [7, 11) is 0. The lowest BCUT2D eigenvalue weighted by molar-refractivity contribution is -0.167. The van der Waals surface area contributed by atoms with Crippen molar-refractivity contribution in [3.05, 3.63) is 60.8 Å². The van der Waals surface area contributed by atoms with Crippen molar-refractivity contribution in [3.8, 4) is 0 Å². The second-order valence-electron chi connectivity index (χ2n) is 18.1. The predicted molar refractivity (Wildman–Crippen MR) is 273 cm³/mol. The zero-order valence-corrected chi connectivity index (χ0v) is 42.2. The van der Waals surface area contributed by atoms with Gasteiger partial charge in [-0.1, -0.05) is 191 Å². The number of rotatable bonds is 48. The van der Waals surface area contributed by atoms with Gasteiger partial charge < -0.3 is 24.4 Å². The van der Waals surface area contributed by atoms with Crippen molar-refractivity contribution in [2.45, 2.75) is 270 Å². The number of allylic oxidation sites excluding steroid dienone is 8. The summed E-state index contributed by atoms with van der Waals surface area (Å²) < 4.78 is 16.7. The summed E-state index contributed by atoms with van der Waals surface area (Å²) in [6, 6.07) is 0. The smallest absolute Gasteiger partial charge is 0.306 e. The van der Waals surface area contributed by atoms with E-state index in [9.17, 15) is 24.6 Å². The van der Waals surface area contributed by atoms with Crippen LogP contribution in [0.1, 0.15) is 252 Å². The summed E-state index contributed by atoms with van der Waals surface area (Å²) >= 11 is 0. The fourth-order valence-electron chi connectivity index (χ4n) is 7.48. The number of aliphatic hydroxyl groups is 2. The zero-order valence-electron chi connectivity index (χ0n) is 42.2. The highest BCUT2D eigenvalue weighted by atomic mass is 16.6. The molecule has 8 nitrogen and oxygen atoms in total. The molecule has 0 saturated carbocycles. The first-order chi connectivity index (χ1) is 31.8. The largest absolute Gasteiger partial charge is 0.462 e. The zero-order chi connectivity index (χ0) is 47.5. The summed E-state index contributed by atoms with van der Waals surface area (Å²) in [5.41, 5.74) is 0. The second kappa shape index (κ2) is 50.4. The Hall–Kier alpha value is -2.97. The lowest BCUT2D eigenvalue weighted by Crippen LogP contribution is -2.30. The minimum Gasteiger partial charge on any atom is -0.462 e. The van der Waals surface area contributed by atoms with E-state index in [0.717, 1.165) is 173 Å². The molecule has 0 saturated heterocycles. The minimum atomic E-state index is -0.824. The monoisotopic (exact) mass is 913 g/mol. The van der Waals surface area contributed by atoms with E-state index in [0.29, 0.717) is 12.8 Å². The van der Waals surface area contributed by atoms with Crippen LogP contribution in [0.2, 0.25) is 0 Å². The summed E-state index contributed by atoms with van der Waals surface area (Å²) in [6.45, 7) is 6.30. The van der Waals surface area contributed by atoms with E-state index in [1.54, 1.807) is 0 Å². The molecule has 2 atom stereocenters. The number of carbonyl (C=O) groups is 3. The van der Waals surface area contributed by atoms with Gasteiger partial charge in [0.05, 0.1) is 12.2 Å². The summed E-state index contributed by atoms with van der Waals surface area (Å²) in [4.78, 5) is 38.0. The maximum Gasteiger partial charge on any atom is 0.306 e. The maximum absolute atomic E-state index is 12.8. The van der Waals surface area contributed by atoms with Gasteiger partial charge in [-0.3, -0.25) is 14.4 Å². The Labute approximate surface area is 399 Å². The molecule has 0 fully saturated rings. The summed E-state index contributed by atoms with van der Waals surface area (Å²) in [5, 5.41) is 20.2. The number of aliphatic hydroxyl groups excluding tert-OH is 2. The van der Waals surface area contributed by atoms with Crippen LogP contribution < -0.4 is 0 Å². The highest BCUT2D eigenvalue weighted by Crippen LogP contribution is 2.15. The Bertz CT molecular complexity index is 1160. The molecule has 0 aromatic rings. The molecular weight excluding hydrogens is 813 g/mol. The Kier molecular flexibility index (Phi) is 48.1. The molecular formula is C57H100O8. The van der Waals surface area contributed by atoms with E-state index in [2.05, 4.69) is 81.5 Å². The molecule has 2 N–H and O–H groups in total. The molecule has 0 aromatic carbocycles. The Morgan fingerprint density at radius 1 is 0.400 bits per heavy atom. The molecule has 0 unspecified atom stereocenters. The molecule has 0 radical (unpaired) electrons. The van der Waals surface area contributed by atoms with E-state index in [1.165, 1.54) is 38.5 Å². The molecule has 0 amide bonds. The van der Waals surface area contributed by atoms with Crippen LogP contribution in [0.5, 0.6) is 0 Å². The van der Waals surface area contributed by atoms with Gasteiger partial charge >= 0.3 is 17.9 Å². The molecule has 376 valence electrons. The standard InChI is InChI=1S/C57H100O8/c1-4-7-10-13-14-15-16-17-18-19-20-21-30-35-42-49-57(62)65-54(50-63-55(60)47-40-33-28-24-22-26-31-38-45-52(58)43-36-11-8-5-2)51-64-56(61)48-41-34-29-25-23-27-32-39-46-53(59)44-37-12-9-6-3/h7,10,14-15,17-18,31-32,38-39,52-54,58-59H,4-6,8-9,11-13,16,19-30,33-37,40-51H2,1-3H3/t52-,53-,54?/m1/s1. The molecule has 8 heteroatoms. The first kappa shape index (κ1) is 62.0. The summed E-state index contributed by atoms with van der Waals surface area (Å²) in [5.74, 6) is -1.01. The molecule has 65 heavy (non-hydrogen) atoms. The number of ether oxygens (including phenoxy) is 3. The van der Waals surface area contributed by atoms with E-state index in [-0.39, 0.29) is 49.8 Å². The average Bonchev–Trinajstić information content (AvgIpc) is 3.30. The van der Waals surface area contributed by atoms with Gasteiger partial charge in [-0.05, 0) is 103 Å². The second-order valence-corrected chi connectivity index (χ2v) is 18.1. The van der Waals surface area contributed by atoms with Crippen LogP contribution in [0.4, 0.5) is 0 Å². The molecule has 0 rings (SSSR count). The van der Waals surface area contributed by atoms with E-state index >= 15 is 0 Å². The average molecular weight is 913 g/mol. The number of hydrogen-bond donors (Lipinski definition) is 2. The molecule has 0 aliphatic rings. The fraction of sp³-hybridized carbons (Fsp3) is 0.772.